The van der Waals surface area contributed by atoms with Crippen molar-refractivity contribution >= 4 is 56.8 Å². The predicted octanol–water partition coefficient (Wildman–Crippen LogP) is 3.98. The van der Waals surface area contributed by atoms with Crippen molar-refractivity contribution in [2.24, 2.45) is 0 Å². The van der Waals surface area contributed by atoms with Crippen LogP contribution >= 0.6 is 28.1 Å². The molecule has 1 fully saturated rings. The summed E-state index contributed by atoms with van der Waals surface area (Å²) in [4.78, 5) is 26.2. The molecule has 0 spiro atoms. The van der Waals surface area contributed by atoms with Gasteiger partial charge in [0.05, 0.1) is 10.2 Å². The third-order valence-electron chi connectivity index (χ3n) is 3.82. The first kappa shape index (κ1) is 19.9. The van der Waals surface area contributed by atoms with Gasteiger partial charge < -0.3 is 4.74 Å². The molecule has 8 heteroatoms. The highest BCUT2D eigenvalue weighted by atomic mass is 79.9. The maximum atomic E-state index is 14.2. The van der Waals surface area contributed by atoms with Crippen molar-refractivity contribution < 1.29 is 18.7 Å². The Morgan fingerprint density at radius 2 is 2.00 bits per heavy atom. The van der Waals surface area contributed by atoms with E-state index in [9.17, 15) is 14.0 Å². The third-order valence-corrected chi connectivity index (χ3v) is 4.72. The summed E-state index contributed by atoms with van der Waals surface area (Å²) in [6.45, 7) is 3.93. The molecule has 2 amide bonds. The fourth-order valence-corrected chi connectivity index (χ4v) is 3.33. The van der Waals surface area contributed by atoms with Gasteiger partial charge in [-0.2, -0.15) is 0 Å². The highest BCUT2D eigenvalue weighted by molar-refractivity contribution is 9.10. The second-order valence-electron chi connectivity index (χ2n) is 5.70. The highest BCUT2D eigenvalue weighted by Crippen LogP contribution is 2.28. The van der Waals surface area contributed by atoms with Gasteiger partial charge in [0.1, 0.15) is 23.7 Å². The van der Waals surface area contributed by atoms with Crippen LogP contribution in [0, 0.1) is 5.82 Å². The van der Waals surface area contributed by atoms with E-state index in [-0.39, 0.29) is 16.4 Å². The molecule has 1 saturated heterocycles. The summed E-state index contributed by atoms with van der Waals surface area (Å²) in [7, 11) is 0. The molecule has 0 aromatic heterocycles. The standard InChI is InChI=1S/C20H14BrFN2O3S/c1-2-9-27-17-8-7-12(11-14(17)21)10-13-18(25)23-20(28)24(19(13)26)16-6-4-3-5-15(16)22/h2-8,10-11H,1,9H2,(H,23,25,28)/b13-10+. The Morgan fingerprint density at radius 1 is 1.25 bits per heavy atom. The van der Waals surface area contributed by atoms with E-state index in [4.69, 9.17) is 17.0 Å². The second-order valence-corrected chi connectivity index (χ2v) is 6.94. The Bertz CT molecular complexity index is 1020. The Hall–Kier alpha value is -2.84. The van der Waals surface area contributed by atoms with E-state index in [0.717, 1.165) is 4.90 Å². The average molecular weight is 461 g/mol. The van der Waals surface area contributed by atoms with Crippen LogP contribution in [-0.2, 0) is 9.59 Å². The van der Waals surface area contributed by atoms with Crippen LogP contribution in [0.1, 0.15) is 5.56 Å². The molecule has 0 bridgehead atoms. The fourth-order valence-electron chi connectivity index (χ4n) is 2.55. The number of carbonyl (C=O) groups excluding carboxylic acids is 2. The van der Waals surface area contributed by atoms with Crippen molar-refractivity contribution in [1.82, 2.24) is 5.32 Å². The van der Waals surface area contributed by atoms with Crippen molar-refractivity contribution in [3.63, 3.8) is 0 Å². The summed E-state index contributed by atoms with van der Waals surface area (Å²) >= 11 is 8.45. The predicted molar refractivity (Wildman–Crippen MR) is 112 cm³/mol. The van der Waals surface area contributed by atoms with Crippen LogP contribution < -0.4 is 15.0 Å². The van der Waals surface area contributed by atoms with E-state index in [2.05, 4.69) is 27.8 Å². The number of ether oxygens (including phenoxy) is 1. The molecule has 0 saturated carbocycles. The molecule has 0 radical (unpaired) electrons. The molecule has 2 aromatic carbocycles. The van der Waals surface area contributed by atoms with Gasteiger partial charge in [-0.05, 0) is 64.1 Å². The summed E-state index contributed by atoms with van der Waals surface area (Å²) in [5, 5.41) is 2.25. The van der Waals surface area contributed by atoms with Crippen LogP contribution in [-0.4, -0.2) is 23.5 Å². The number of para-hydroxylation sites is 1. The summed E-state index contributed by atoms with van der Waals surface area (Å²) in [6, 6.07) is 10.8. The Kier molecular flexibility index (Phi) is 6.01. The molecular formula is C20H14BrFN2O3S. The van der Waals surface area contributed by atoms with E-state index in [0.29, 0.717) is 22.4 Å². The summed E-state index contributed by atoms with van der Waals surface area (Å²) in [5.41, 5.74) is 0.388. The smallest absolute Gasteiger partial charge is 0.270 e. The zero-order valence-corrected chi connectivity index (χ0v) is 16.8. The van der Waals surface area contributed by atoms with E-state index in [1.165, 1.54) is 24.3 Å². The number of hydrogen-bond acceptors (Lipinski definition) is 4. The Morgan fingerprint density at radius 3 is 2.68 bits per heavy atom. The van der Waals surface area contributed by atoms with Crippen molar-refractivity contribution in [3.05, 3.63) is 76.5 Å². The van der Waals surface area contributed by atoms with Crippen LogP contribution in [0.15, 0.2) is 65.2 Å². The molecule has 0 atom stereocenters. The van der Waals surface area contributed by atoms with Crippen molar-refractivity contribution in [2.75, 3.05) is 11.5 Å². The summed E-state index contributed by atoms with van der Waals surface area (Å²) in [5.74, 6) is -1.39. The average Bonchev–Trinajstić information content (AvgIpc) is 2.66. The highest BCUT2D eigenvalue weighted by Gasteiger charge is 2.35. The van der Waals surface area contributed by atoms with Gasteiger partial charge in [-0.3, -0.25) is 14.9 Å². The van der Waals surface area contributed by atoms with Gasteiger partial charge in [0, 0.05) is 0 Å². The third kappa shape index (κ3) is 4.02. The molecule has 1 aliphatic rings. The van der Waals surface area contributed by atoms with E-state index >= 15 is 0 Å². The number of rotatable bonds is 5. The number of nitrogens with one attached hydrogen (secondary N) is 1. The molecular weight excluding hydrogens is 447 g/mol. The number of anilines is 1. The van der Waals surface area contributed by atoms with Crippen molar-refractivity contribution in [2.45, 2.75) is 0 Å². The SMILES string of the molecule is C=CCOc1ccc(/C=C2\C(=O)NC(=S)N(c3ccccc3F)C2=O)cc1Br. The van der Waals surface area contributed by atoms with Gasteiger partial charge in [-0.1, -0.05) is 30.9 Å². The molecule has 3 rings (SSSR count). The quantitative estimate of drug-likeness (QED) is 0.317. The largest absolute Gasteiger partial charge is 0.488 e. The fraction of sp³-hybridized carbons (Fsp3) is 0.0500. The lowest BCUT2D eigenvalue weighted by Gasteiger charge is -2.29. The lowest BCUT2D eigenvalue weighted by atomic mass is 10.1. The van der Waals surface area contributed by atoms with Gasteiger partial charge in [-0.15, -0.1) is 0 Å². The van der Waals surface area contributed by atoms with Gasteiger partial charge in [-0.25, -0.2) is 9.29 Å². The zero-order valence-electron chi connectivity index (χ0n) is 14.4. The first-order valence-electron chi connectivity index (χ1n) is 8.11. The van der Waals surface area contributed by atoms with Crippen molar-refractivity contribution in [1.29, 1.82) is 0 Å². The van der Waals surface area contributed by atoms with Crippen LogP contribution in [0.2, 0.25) is 0 Å². The first-order chi connectivity index (χ1) is 13.4. The molecule has 1 heterocycles. The lowest BCUT2D eigenvalue weighted by Crippen LogP contribution is -2.54. The monoisotopic (exact) mass is 460 g/mol. The topological polar surface area (TPSA) is 58.6 Å². The van der Waals surface area contributed by atoms with Crippen LogP contribution in [0.4, 0.5) is 10.1 Å². The van der Waals surface area contributed by atoms with Gasteiger partial charge in [0.15, 0.2) is 5.11 Å². The maximum Gasteiger partial charge on any atom is 0.270 e. The number of benzene rings is 2. The van der Waals surface area contributed by atoms with E-state index < -0.39 is 17.6 Å². The Balaban J connectivity index is 1.96. The maximum absolute atomic E-state index is 14.2. The normalized spacial score (nSPS) is 15.6. The number of hydrogen-bond donors (Lipinski definition) is 1. The molecule has 28 heavy (non-hydrogen) atoms. The minimum Gasteiger partial charge on any atom is -0.488 e. The summed E-state index contributed by atoms with van der Waals surface area (Å²) in [6.07, 6.45) is 3.03. The Labute approximate surface area is 174 Å². The molecule has 1 N–H and O–H groups in total. The first-order valence-corrected chi connectivity index (χ1v) is 9.31. The van der Waals surface area contributed by atoms with Crippen LogP contribution in [0.3, 0.4) is 0 Å². The number of amides is 2. The van der Waals surface area contributed by atoms with Gasteiger partial charge in [0.25, 0.3) is 11.8 Å². The molecule has 0 aliphatic carbocycles. The molecule has 1 aliphatic heterocycles. The van der Waals surface area contributed by atoms with Gasteiger partial charge in [0.2, 0.25) is 0 Å². The molecule has 2 aromatic rings. The lowest BCUT2D eigenvalue weighted by molar-refractivity contribution is -0.122. The van der Waals surface area contributed by atoms with E-state index in [1.54, 1.807) is 30.3 Å². The molecule has 0 unspecified atom stereocenters. The number of nitrogens with zero attached hydrogens (tertiary/aromatic N) is 1. The number of thiocarbonyl (C=S) groups is 1. The number of carbonyl (C=O) groups is 2. The zero-order chi connectivity index (χ0) is 20.3. The second kappa shape index (κ2) is 8.45. The summed E-state index contributed by atoms with van der Waals surface area (Å²) < 4.78 is 20.3. The minimum absolute atomic E-state index is 0.0299. The van der Waals surface area contributed by atoms with Crippen molar-refractivity contribution in [3.8, 4) is 5.75 Å². The minimum atomic E-state index is -0.707. The molecule has 142 valence electrons. The number of halogens is 2. The molecule has 5 nitrogen and oxygen atoms in total. The van der Waals surface area contributed by atoms with Crippen LogP contribution in [0.25, 0.3) is 6.08 Å². The van der Waals surface area contributed by atoms with Gasteiger partial charge >= 0.3 is 0 Å². The van der Waals surface area contributed by atoms with Crippen LogP contribution in [0.5, 0.6) is 5.75 Å². The van der Waals surface area contributed by atoms with E-state index in [1.807, 2.05) is 0 Å².